The quantitative estimate of drug-likeness (QED) is 0.403. The SMILES string of the molecule is O=C(COC(=O)c1ccccc1NCCO)NCCC(c1ccccc1)c1ccccc1. The summed E-state index contributed by atoms with van der Waals surface area (Å²) in [4.78, 5) is 24.6. The number of aliphatic hydroxyl groups is 1. The Kier molecular flexibility index (Phi) is 8.83. The highest BCUT2D eigenvalue weighted by atomic mass is 16.5. The van der Waals surface area contributed by atoms with Crippen LogP contribution in [0.5, 0.6) is 0 Å². The first-order valence-corrected chi connectivity index (χ1v) is 10.7. The van der Waals surface area contributed by atoms with E-state index in [9.17, 15) is 9.59 Å². The number of nitrogens with one attached hydrogen (secondary N) is 2. The molecule has 0 radical (unpaired) electrons. The fourth-order valence-electron chi connectivity index (χ4n) is 3.52. The molecule has 0 saturated heterocycles. The van der Waals surface area contributed by atoms with Gasteiger partial charge < -0.3 is 20.5 Å². The van der Waals surface area contributed by atoms with E-state index < -0.39 is 5.97 Å². The Bertz CT molecular complexity index is 953. The molecular formula is C26H28N2O4. The Morgan fingerprint density at radius 2 is 1.41 bits per heavy atom. The molecule has 6 heteroatoms. The summed E-state index contributed by atoms with van der Waals surface area (Å²) in [5.41, 5.74) is 3.25. The van der Waals surface area contributed by atoms with Gasteiger partial charge in [0.1, 0.15) is 0 Å². The highest BCUT2D eigenvalue weighted by Gasteiger charge is 2.16. The van der Waals surface area contributed by atoms with Crippen LogP contribution in [0.1, 0.15) is 33.8 Å². The van der Waals surface area contributed by atoms with E-state index in [-0.39, 0.29) is 25.0 Å². The number of amides is 1. The molecule has 32 heavy (non-hydrogen) atoms. The first-order chi connectivity index (χ1) is 15.7. The maximum atomic E-state index is 12.4. The average molecular weight is 433 g/mol. The van der Waals surface area contributed by atoms with Crippen molar-refractivity contribution in [2.75, 3.05) is 31.6 Å². The molecule has 6 nitrogen and oxygen atoms in total. The summed E-state index contributed by atoms with van der Waals surface area (Å²) in [6.45, 7) is 0.363. The number of carbonyl (C=O) groups excluding carboxylic acids is 2. The summed E-state index contributed by atoms with van der Waals surface area (Å²) in [5, 5.41) is 14.8. The second-order valence-corrected chi connectivity index (χ2v) is 7.28. The smallest absolute Gasteiger partial charge is 0.340 e. The van der Waals surface area contributed by atoms with Crippen LogP contribution in [0, 0.1) is 0 Å². The van der Waals surface area contributed by atoms with Crippen molar-refractivity contribution in [1.82, 2.24) is 5.32 Å². The summed E-state index contributed by atoms with van der Waals surface area (Å²) in [6.07, 6.45) is 0.724. The van der Waals surface area contributed by atoms with Crippen molar-refractivity contribution in [2.45, 2.75) is 12.3 Å². The Labute approximate surface area is 188 Å². The molecule has 0 aromatic heterocycles. The van der Waals surface area contributed by atoms with Gasteiger partial charge in [-0.2, -0.15) is 0 Å². The van der Waals surface area contributed by atoms with Crippen LogP contribution in [-0.4, -0.2) is 43.3 Å². The monoisotopic (exact) mass is 432 g/mol. The van der Waals surface area contributed by atoms with Crippen molar-refractivity contribution in [3.8, 4) is 0 Å². The first-order valence-electron chi connectivity index (χ1n) is 10.7. The van der Waals surface area contributed by atoms with Crippen molar-refractivity contribution in [1.29, 1.82) is 0 Å². The molecule has 3 aromatic carbocycles. The molecular weight excluding hydrogens is 404 g/mol. The lowest BCUT2D eigenvalue weighted by Gasteiger charge is -2.18. The zero-order valence-corrected chi connectivity index (χ0v) is 17.9. The molecule has 0 heterocycles. The van der Waals surface area contributed by atoms with Crippen LogP contribution >= 0.6 is 0 Å². The molecule has 0 unspecified atom stereocenters. The minimum absolute atomic E-state index is 0.0568. The van der Waals surface area contributed by atoms with Gasteiger partial charge in [-0.05, 0) is 29.7 Å². The number of anilines is 1. The average Bonchev–Trinajstić information content (AvgIpc) is 2.85. The second kappa shape index (κ2) is 12.3. The van der Waals surface area contributed by atoms with Crippen LogP contribution in [0.25, 0.3) is 0 Å². The van der Waals surface area contributed by atoms with E-state index in [4.69, 9.17) is 9.84 Å². The van der Waals surface area contributed by atoms with Crippen LogP contribution in [0.15, 0.2) is 84.9 Å². The van der Waals surface area contributed by atoms with Crippen molar-refractivity contribution in [2.24, 2.45) is 0 Å². The minimum Gasteiger partial charge on any atom is -0.452 e. The van der Waals surface area contributed by atoms with Gasteiger partial charge in [-0.25, -0.2) is 4.79 Å². The van der Waals surface area contributed by atoms with Gasteiger partial charge in [-0.15, -0.1) is 0 Å². The number of benzene rings is 3. The largest absolute Gasteiger partial charge is 0.452 e. The lowest BCUT2D eigenvalue weighted by Crippen LogP contribution is -2.30. The van der Waals surface area contributed by atoms with E-state index in [0.29, 0.717) is 24.3 Å². The molecule has 3 aromatic rings. The third-order valence-electron chi connectivity index (χ3n) is 5.07. The highest BCUT2D eigenvalue weighted by Crippen LogP contribution is 2.27. The summed E-state index contributed by atoms with van der Waals surface area (Å²) in [7, 11) is 0. The van der Waals surface area contributed by atoms with Gasteiger partial charge in [-0.3, -0.25) is 4.79 Å². The van der Waals surface area contributed by atoms with Gasteiger partial charge in [-0.1, -0.05) is 72.8 Å². The Morgan fingerprint density at radius 1 is 0.812 bits per heavy atom. The number of rotatable bonds is 11. The van der Waals surface area contributed by atoms with Crippen molar-refractivity contribution in [3.05, 3.63) is 102 Å². The van der Waals surface area contributed by atoms with E-state index in [1.807, 2.05) is 36.4 Å². The van der Waals surface area contributed by atoms with Crippen molar-refractivity contribution in [3.63, 3.8) is 0 Å². The van der Waals surface area contributed by atoms with Gasteiger partial charge in [0, 0.05) is 24.7 Å². The number of para-hydroxylation sites is 1. The van der Waals surface area contributed by atoms with Crippen LogP contribution in [-0.2, 0) is 9.53 Å². The van der Waals surface area contributed by atoms with Gasteiger partial charge in [0.25, 0.3) is 5.91 Å². The predicted molar refractivity (Wildman–Crippen MR) is 125 cm³/mol. The molecule has 0 spiro atoms. The Morgan fingerprint density at radius 3 is 2.03 bits per heavy atom. The second-order valence-electron chi connectivity index (χ2n) is 7.28. The molecule has 0 aliphatic carbocycles. The predicted octanol–water partition coefficient (Wildman–Crippen LogP) is 3.59. The van der Waals surface area contributed by atoms with Gasteiger partial charge in [0.15, 0.2) is 6.61 Å². The normalized spacial score (nSPS) is 10.6. The molecule has 0 saturated carbocycles. The lowest BCUT2D eigenvalue weighted by atomic mass is 9.88. The third-order valence-corrected chi connectivity index (χ3v) is 5.07. The van der Waals surface area contributed by atoms with Gasteiger partial charge >= 0.3 is 5.97 Å². The zero-order valence-electron chi connectivity index (χ0n) is 17.9. The van der Waals surface area contributed by atoms with Gasteiger partial charge in [0.2, 0.25) is 0 Å². The first kappa shape index (κ1) is 23.0. The Balaban J connectivity index is 1.52. The maximum absolute atomic E-state index is 12.4. The molecule has 166 valence electrons. The van der Waals surface area contributed by atoms with Crippen molar-refractivity contribution >= 4 is 17.6 Å². The summed E-state index contributed by atoms with van der Waals surface area (Å²) >= 11 is 0. The minimum atomic E-state index is -0.590. The van der Waals surface area contributed by atoms with E-state index in [1.165, 1.54) is 11.1 Å². The van der Waals surface area contributed by atoms with E-state index in [0.717, 1.165) is 6.42 Å². The number of ether oxygens (including phenoxy) is 1. The molecule has 3 rings (SSSR count). The van der Waals surface area contributed by atoms with Crippen molar-refractivity contribution < 1.29 is 19.4 Å². The van der Waals surface area contributed by atoms with Crippen LogP contribution < -0.4 is 10.6 Å². The van der Waals surface area contributed by atoms with Crippen LogP contribution in [0.2, 0.25) is 0 Å². The summed E-state index contributed by atoms with van der Waals surface area (Å²) in [5.74, 6) is -0.781. The highest BCUT2D eigenvalue weighted by molar-refractivity contribution is 5.96. The molecule has 1 amide bonds. The van der Waals surface area contributed by atoms with Gasteiger partial charge in [0.05, 0.1) is 12.2 Å². The van der Waals surface area contributed by atoms with Crippen LogP contribution in [0.4, 0.5) is 5.69 Å². The number of carbonyl (C=O) groups is 2. The lowest BCUT2D eigenvalue weighted by molar-refractivity contribution is -0.124. The number of esters is 1. The molecule has 0 atom stereocenters. The van der Waals surface area contributed by atoms with E-state index >= 15 is 0 Å². The fourth-order valence-corrected chi connectivity index (χ4v) is 3.52. The fraction of sp³-hybridized carbons (Fsp3) is 0.231. The zero-order chi connectivity index (χ0) is 22.6. The third kappa shape index (κ3) is 6.68. The number of aliphatic hydroxyl groups excluding tert-OH is 1. The topological polar surface area (TPSA) is 87.7 Å². The maximum Gasteiger partial charge on any atom is 0.340 e. The standard InChI is InChI=1S/C26H28N2O4/c29-18-17-27-24-14-8-7-13-23(24)26(31)32-19-25(30)28-16-15-22(20-9-3-1-4-10-20)21-11-5-2-6-12-21/h1-14,22,27,29H,15-19H2,(H,28,30). The van der Waals surface area contributed by atoms with E-state index in [1.54, 1.807) is 24.3 Å². The summed E-state index contributed by atoms with van der Waals surface area (Å²) < 4.78 is 5.18. The molecule has 3 N–H and O–H groups in total. The summed E-state index contributed by atoms with van der Waals surface area (Å²) in [6, 6.07) is 27.2. The van der Waals surface area contributed by atoms with E-state index in [2.05, 4.69) is 34.9 Å². The van der Waals surface area contributed by atoms with Crippen LogP contribution in [0.3, 0.4) is 0 Å². The number of hydrogen-bond acceptors (Lipinski definition) is 5. The molecule has 0 bridgehead atoms. The Hall–Kier alpha value is -3.64. The molecule has 0 fully saturated rings. The molecule has 0 aliphatic heterocycles. The molecule has 0 aliphatic rings. The number of hydrogen-bond donors (Lipinski definition) is 3.